The van der Waals surface area contributed by atoms with E-state index in [-0.39, 0.29) is 26.5 Å². The maximum absolute atomic E-state index is 5.06. The summed E-state index contributed by atoms with van der Waals surface area (Å²) in [5, 5.41) is 10.1. The Morgan fingerprint density at radius 1 is 0.719 bits per heavy atom. The molecule has 0 atom stereocenters. The van der Waals surface area contributed by atoms with Crippen molar-refractivity contribution in [2.75, 3.05) is 0 Å². The van der Waals surface area contributed by atoms with Crippen molar-refractivity contribution in [3.63, 3.8) is 0 Å². The second-order valence-electron chi connectivity index (χ2n) is 9.19. The minimum Gasteiger partial charge on any atom is -0.265 e. The number of hydrogen-bond donors (Lipinski definition) is 0. The van der Waals surface area contributed by atoms with Crippen LogP contribution in [0, 0.1) is 12.1 Å². The van der Waals surface area contributed by atoms with Gasteiger partial charge in [0.05, 0.1) is 16.8 Å². The van der Waals surface area contributed by atoms with Crippen LogP contribution >= 0.6 is 0 Å². The molecule has 2 aromatic carbocycles. The van der Waals surface area contributed by atoms with E-state index >= 15 is 0 Å². The summed E-state index contributed by atoms with van der Waals surface area (Å²) in [6.45, 7) is 13.3. The van der Waals surface area contributed by atoms with Gasteiger partial charge in [-0.05, 0) is 48.2 Å². The minimum atomic E-state index is -0.362. The van der Waals surface area contributed by atoms with Crippen molar-refractivity contribution < 1.29 is 21.1 Å². The van der Waals surface area contributed by atoms with Crippen molar-refractivity contribution in [2.24, 2.45) is 0 Å². The summed E-state index contributed by atoms with van der Waals surface area (Å²) in [4.78, 5) is 0. The van der Waals surface area contributed by atoms with Crippen molar-refractivity contribution in [1.82, 2.24) is 19.6 Å². The molecule has 0 aliphatic rings. The third-order valence-electron chi connectivity index (χ3n) is 5.79. The molecule has 4 aromatic rings. The van der Waals surface area contributed by atoms with Crippen LogP contribution in [0.25, 0.3) is 11.4 Å². The summed E-state index contributed by atoms with van der Waals surface area (Å²) in [6, 6.07) is 22.5. The topological polar surface area (TPSA) is 35.6 Å². The van der Waals surface area contributed by atoms with Crippen LogP contribution in [0.15, 0.2) is 60.9 Å². The molecule has 4 nitrogen and oxygen atoms in total. The number of hydrogen-bond acceptors (Lipinski definition) is 2. The monoisotopic (exact) mass is 605 g/mol. The van der Waals surface area contributed by atoms with E-state index in [0.29, 0.717) is 11.8 Å². The van der Waals surface area contributed by atoms with Crippen LogP contribution in [0.5, 0.6) is 0 Å². The normalized spacial score (nSPS) is 11.8. The number of para-hydroxylation sites is 2. The molecule has 0 saturated carbocycles. The Morgan fingerprint density at radius 3 is 1.44 bits per heavy atom. The maximum Gasteiger partial charge on any atom is 2.00 e. The SMILES string of the molecule is CC(C)c1cn(-c2[c-]cccc2)nc1C(C)(C)c1nn(-c2[c-]cccc2)cc1C(C)C.[Pt+2]. The zero-order valence-corrected chi connectivity index (χ0v) is 21.8. The summed E-state index contributed by atoms with van der Waals surface area (Å²) >= 11 is 0. The largest absolute Gasteiger partial charge is 2.00 e. The molecule has 2 aromatic heterocycles. The van der Waals surface area contributed by atoms with Gasteiger partial charge in [0.2, 0.25) is 0 Å². The van der Waals surface area contributed by atoms with Crippen LogP contribution in [-0.2, 0) is 26.5 Å². The average Bonchev–Trinajstić information content (AvgIpc) is 3.41. The Kier molecular flexibility index (Phi) is 7.25. The second kappa shape index (κ2) is 9.58. The van der Waals surface area contributed by atoms with Crippen LogP contribution < -0.4 is 0 Å². The fraction of sp³-hybridized carbons (Fsp3) is 0.333. The smallest absolute Gasteiger partial charge is 0.265 e. The molecular weight excluding hydrogens is 575 g/mol. The van der Waals surface area contributed by atoms with Gasteiger partial charge < -0.3 is 0 Å². The predicted molar refractivity (Wildman–Crippen MR) is 125 cm³/mol. The first kappa shape index (κ1) is 24.2. The molecule has 0 aliphatic heterocycles. The molecule has 0 saturated heterocycles. The van der Waals surface area contributed by atoms with E-state index in [4.69, 9.17) is 10.2 Å². The molecule has 5 heteroatoms. The summed E-state index contributed by atoms with van der Waals surface area (Å²) in [5.74, 6) is 0.692. The first-order valence-electron chi connectivity index (χ1n) is 10.9. The molecule has 0 radical (unpaired) electrons. The first-order chi connectivity index (χ1) is 14.8. The predicted octanol–water partition coefficient (Wildman–Crippen LogP) is 6.23. The molecule has 32 heavy (non-hydrogen) atoms. The van der Waals surface area contributed by atoms with E-state index in [1.165, 1.54) is 11.1 Å². The fourth-order valence-electron chi connectivity index (χ4n) is 4.00. The van der Waals surface area contributed by atoms with Gasteiger partial charge in [-0.1, -0.05) is 27.7 Å². The zero-order valence-electron chi connectivity index (χ0n) is 19.5. The molecule has 0 unspecified atom stereocenters. The standard InChI is InChI=1S/C27H30N4.Pt/c1-19(2)23-17-30(21-13-9-7-10-14-21)28-25(23)27(5,6)26-24(20(3)4)18-31(29-26)22-15-11-8-12-16-22;/h7-13,15,17-20H,1-6H3;/q-2;+2. The maximum atomic E-state index is 5.06. The van der Waals surface area contributed by atoms with Crippen LogP contribution in [0.4, 0.5) is 0 Å². The Labute approximate surface area is 205 Å². The first-order valence-corrected chi connectivity index (χ1v) is 10.9. The van der Waals surface area contributed by atoms with E-state index < -0.39 is 0 Å². The molecule has 0 aliphatic carbocycles. The number of benzene rings is 2. The van der Waals surface area contributed by atoms with Crippen molar-refractivity contribution >= 4 is 0 Å². The Bertz CT molecular complexity index is 1060. The Hall–Kier alpha value is -2.45. The summed E-state index contributed by atoms with van der Waals surface area (Å²) in [6.07, 6.45) is 4.29. The van der Waals surface area contributed by atoms with E-state index in [1.807, 2.05) is 57.9 Å². The van der Waals surface area contributed by atoms with Crippen molar-refractivity contribution in [1.29, 1.82) is 0 Å². The third kappa shape index (κ3) is 4.52. The fourth-order valence-corrected chi connectivity index (χ4v) is 4.00. The minimum absolute atomic E-state index is 0. The zero-order chi connectivity index (χ0) is 22.2. The van der Waals surface area contributed by atoms with Gasteiger partial charge in [0, 0.05) is 12.4 Å². The number of aromatic nitrogens is 4. The van der Waals surface area contributed by atoms with Crippen LogP contribution in [0.2, 0.25) is 0 Å². The van der Waals surface area contributed by atoms with Gasteiger partial charge in [0.1, 0.15) is 0 Å². The summed E-state index contributed by atoms with van der Waals surface area (Å²) in [7, 11) is 0. The average molecular weight is 606 g/mol. The summed E-state index contributed by atoms with van der Waals surface area (Å²) in [5.41, 5.74) is 6.11. The van der Waals surface area contributed by atoms with Gasteiger partial charge in [-0.3, -0.25) is 9.36 Å². The third-order valence-corrected chi connectivity index (χ3v) is 5.79. The van der Waals surface area contributed by atoms with Gasteiger partial charge in [-0.2, -0.15) is 58.7 Å². The molecular formula is C27H30N4Pt. The van der Waals surface area contributed by atoms with E-state index in [9.17, 15) is 0 Å². The van der Waals surface area contributed by atoms with Gasteiger partial charge in [0.25, 0.3) is 0 Å². The summed E-state index contributed by atoms with van der Waals surface area (Å²) < 4.78 is 3.90. The van der Waals surface area contributed by atoms with Crippen LogP contribution in [0.3, 0.4) is 0 Å². The van der Waals surface area contributed by atoms with Crippen LogP contribution in [-0.4, -0.2) is 19.6 Å². The van der Waals surface area contributed by atoms with Gasteiger partial charge in [0.15, 0.2) is 0 Å². The number of nitrogens with zero attached hydrogens (tertiary/aromatic N) is 4. The van der Waals surface area contributed by atoms with Crippen molar-refractivity contribution in [3.8, 4) is 11.4 Å². The molecule has 0 spiro atoms. The van der Waals surface area contributed by atoms with E-state index in [1.54, 1.807) is 0 Å². The molecule has 0 bridgehead atoms. The molecule has 2 heterocycles. The Morgan fingerprint density at radius 2 is 1.12 bits per heavy atom. The van der Waals surface area contributed by atoms with E-state index in [0.717, 1.165) is 22.8 Å². The van der Waals surface area contributed by atoms with Gasteiger partial charge in [-0.15, -0.1) is 12.1 Å². The van der Waals surface area contributed by atoms with Crippen molar-refractivity contribution in [3.05, 3.63) is 95.6 Å². The molecule has 0 amide bonds. The Balaban J connectivity index is 0.00000289. The van der Waals surface area contributed by atoms with Crippen molar-refractivity contribution in [2.45, 2.75) is 58.8 Å². The van der Waals surface area contributed by atoms with E-state index in [2.05, 4.69) is 66.1 Å². The second-order valence-corrected chi connectivity index (χ2v) is 9.19. The van der Waals surface area contributed by atoms with Gasteiger partial charge >= 0.3 is 21.1 Å². The quantitative estimate of drug-likeness (QED) is 0.245. The molecule has 0 fully saturated rings. The van der Waals surface area contributed by atoms with Gasteiger partial charge in [-0.25, -0.2) is 0 Å². The number of rotatable bonds is 6. The molecule has 4 rings (SSSR count). The molecule has 0 N–H and O–H groups in total. The molecule has 168 valence electrons. The van der Waals surface area contributed by atoms with Crippen LogP contribution in [0.1, 0.15) is 75.9 Å².